The van der Waals surface area contributed by atoms with Crippen LogP contribution in [0.15, 0.2) is 215 Å². The van der Waals surface area contributed by atoms with E-state index >= 15 is 0 Å². The van der Waals surface area contributed by atoms with Gasteiger partial charge in [-0.15, -0.1) is 0 Å². The Hall–Kier alpha value is -9.53. The molecule has 73 heavy (non-hydrogen) atoms. The Morgan fingerprint density at radius 2 is 0.932 bits per heavy atom. The first-order chi connectivity index (χ1) is 36.1. The van der Waals surface area contributed by atoms with Crippen molar-refractivity contribution >= 4 is 106 Å². The summed E-state index contributed by atoms with van der Waals surface area (Å²) in [7, 11) is 2.13. The molecule has 6 heterocycles. The first-order valence-corrected chi connectivity index (χ1v) is 24.8. The molecular formula is C65H39BN3O4. The number of pyridine rings is 1. The summed E-state index contributed by atoms with van der Waals surface area (Å²) in [5, 5.41) is 8.20. The van der Waals surface area contributed by atoms with Gasteiger partial charge < -0.3 is 27.4 Å². The van der Waals surface area contributed by atoms with Crippen LogP contribution in [0.3, 0.4) is 0 Å². The van der Waals surface area contributed by atoms with Gasteiger partial charge in [0.2, 0.25) is 13.2 Å². The highest BCUT2D eigenvalue weighted by Crippen LogP contribution is 2.42. The van der Waals surface area contributed by atoms with E-state index in [0.29, 0.717) is 17.4 Å². The molecule has 7 nitrogen and oxygen atoms in total. The third-order valence-electron chi connectivity index (χ3n) is 15.0. The number of ether oxygens (including phenoxy) is 2. The molecule has 1 aliphatic heterocycles. The van der Waals surface area contributed by atoms with Crippen molar-refractivity contribution in [2.75, 3.05) is 0 Å². The van der Waals surface area contributed by atoms with Crippen molar-refractivity contribution < 1.29 is 18.3 Å². The van der Waals surface area contributed by atoms with E-state index < -0.39 is 0 Å². The lowest BCUT2D eigenvalue weighted by Gasteiger charge is -2.18. The maximum Gasteiger partial charge on any atom is 0.222 e. The largest absolute Gasteiger partial charge is 0.460 e. The predicted molar refractivity (Wildman–Crippen MR) is 296 cm³/mol. The Morgan fingerprint density at radius 1 is 0.411 bits per heavy atom. The SMILES string of the molecule is [B]1c2ccc(-c3ccc4oc5c(c4c3)C=C(n3c4ccccc4c4ccccc43)CC5)cc2Oc2ccnc(c2)Oc2cc(-c3ccc4oc5ccc(-n6c7ccccc7c7ccccc76)cc5c4c3)ccc21. The minimum Gasteiger partial charge on any atom is -0.460 e. The third kappa shape index (κ3) is 6.30. The number of para-hydroxylation sites is 4. The molecule has 1 aliphatic carbocycles. The zero-order valence-corrected chi connectivity index (χ0v) is 39.2. The first kappa shape index (κ1) is 40.2. The van der Waals surface area contributed by atoms with Gasteiger partial charge in [-0.3, -0.25) is 0 Å². The number of rotatable bonds is 4. The number of fused-ring (bicyclic) bond motifs is 16. The van der Waals surface area contributed by atoms with Crippen molar-refractivity contribution in [3.05, 3.63) is 218 Å². The lowest BCUT2D eigenvalue weighted by atomic mass is 9.62. The Kier molecular flexibility index (Phi) is 8.53. The minimum atomic E-state index is 0.446. The molecule has 9 aromatic carbocycles. The lowest BCUT2D eigenvalue weighted by molar-refractivity contribution is 0.448. The van der Waals surface area contributed by atoms with Crippen molar-refractivity contribution in [3.63, 3.8) is 0 Å². The second-order valence-electron chi connectivity index (χ2n) is 19.2. The van der Waals surface area contributed by atoms with Gasteiger partial charge in [0.1, 0.15) is 39.8 Å². The molecule has 0 atom stereocenters. The van der Waals surface area contributed by atoms with Gasteiger partial charge in [-0.2, -0.15) is 0 Å². The first-order valence-electron chi connectivity index (χ1n) is 24.8. The molecular weight excluding hydrogens is 898 g/mol. The topological polar surface area (TPSA) is 67.5 Å². The van der Waals surface area contributed by atoms with E-state index in [1.807, 2.05) is 12.1 Å². The number of benzene rings is 9. The Bertz CT molecular complexity index is 4580. The summed E-state index contributed by atoms with van der Waals surface area (Å²) >= 11 is 0. The molecule has 0 saturated carbocycles. The number of aromatic nitrogens is 3. The van der Waals surface area contributed by atoms with Gasteiger partial charge in [-0.25, -0.2) is 4.98 Å². The molecule has 0 fully saturated rings. The van der Waals surface area contributed by atoms with Gasteiger partial charge in [-0.05, 0) is 131 Å². The number of nitrogens with zero attached hydrogens (tertiary/aromatic N) is 3. The number of hydrogen-bond acceptors (Lipinski definition) is 5. The van der Waals surface area contributed by atoms with Gasteiger partial charge in [0.25, 0.3) is 0 Å². The van der Waals surface area contributed by atoms with Gasteiger partial charge in [0.05, 0.1) is 22.1 Å². The Morgan fingerprint density at radius 3 is 1.58 bits per heavy atom. The fraction of sp³-hybridized carbons (Fsp3) is 0.0308. The van der Waals surface area contributed by atoms with Crippen LogP contribution in [0, 0.1) is 0 Å². The van der Waals surface area contributed by atoms with Crippen LogP contribution in [0.5, 0.6) is 23.1 Å². The summed E-state index contributed by atoms with van der Waals surface area (Å²) < 4.78 is 31.0. The second-order valence-corrected chi connectivity index (χ2v) is 19.2. The van der Waals surface area contributed by atoms with Crippen LogP contribution < -0.4 is 20.4 Å². The second kappa shape index (κ2) is 15.5. The van der Waals surface area contributed by atoms with E-state index in [-0.39, 0.29) is 0 Å². The summed E-state index contributed by atoms with van der Waals surface area (Å²) in [4.78, 5) is 4.61. The van der Waals surface area contributed by atoms with Gasteiger partial charge in [0, 0.05) is 73.3 Å². The van der Waals surface area contributed by atoms with Crippen LogP contribution in [-0.2, 0) is 6.42 Å². The van der Waals surface area contributed by atoms with Crippen LogP contribution in [0.2, 0.25) is 0 Å². The molecule has 0 unspecified atom stereocenters. The van der Waals surface area contributed by atoms with E-state index in [0.717, 1.165) is 102 Å². The maximum atomic E-state index is 6.69. The van der Waals surface area contributed by atoms with Crippen LogP contribution in [0.4, 0.5) is 0 Å². The number of furan rings is 2. The van der Waals surface area contributed by atoms with Crippen LogP contribution in [0.1, 0.15) is 17.7 Å². The van der Waals surface area contributed by atoms with E-state index in [4.69, 9.17) is 18.3 Å². The van der Waals surface area contributed by atoms with Crippen molar-refractivity contribution in [1.82, 2.24) is 14.1 Å². The molecule has 341 valence electrons. The van der Waals surface area contributed by atoms with Crippen molar-refractivity contribution in [2.45, 2.75) is 12.8 Å². The summed E-state index contributed by atoms with van der Waals surface area (Å²) in [6.07, 6.45) is 5.79. The van der Waals surface area contributed by atoms with E-state index in [2.05, 4.69) is 216 Å². The number of allylic oxidation sites excluding steroid dienone is 1. The average molecular weight is 937 g/mol. The van der Waals surface area contributed by atoms with Crippen LogP contribution in [-0.4, -0.2) is 21.4 Å². The highest BCUT2D eigenvalue weighted by Gasteiger charge is 2.24. The predicted octanol–water partition coefficient (Wildman–Crippen LogP) is 15.8. The Balaban J connectivity index is 0.754. The summed E-state index contributed by atoms with van der Waals surface area (Å²) in [6, 6.07) is 70.5. The molecule has 0 N–H and O–H groups in total. The third-order valence-corrected chi connectivity index (χ3v) is 15.0. The summed E-state index contributed by atoms with van der Waals surface area (Å²) in [5.41, 5.74) is 16.8. The van der Waals surface area contributed by atoms with Gasteiger partial charge in [-0.1, -0.05) is 109 Å². The molecule has 14 aromatic rings. The number of aryl methyl sites for hydroxylation is 1. The van der Waals surface area contributed by atoms with Gasteiger partial charge in [0.15, 0.2) is 0 Å². The maximum absolute atomic E-state index is 6.69. The van der Waals surface area contributed by atoms with Crippen molar-refractivity contribution in [1.29, 1.82) is 0 Å². The van der Waals surface area contributed by atoms with Gasteiger partial charge >= 0.3 is 0 Å². The van der Waals surface area contributed by atoms with E-state index in [9.17, 15) is 0 Å². The zero-order chi connectivity index (χ0) is 47.7. The number of hydrogen-bond donors (Lipinski definition) is 0. The summed E-state index contributed by atoms with van der Waals surface area (Å²) in [5.74, 6) is 3.52. The Labute approximate surface area is 418 Å². The fourth-order valence-corrected chi connectivity index (χ4v) is 11.6. The molecule has 0 spiro atoms. The highest BCUT2D eigenvalue weighted by atomic mass is 16.5. The molecule has 1 radical (unpaired) electrons. The monoisotopic (exact) mass is 936 g/mol. The molecule has 0 saturated heterocycles. The van der Waals surface area contributed by atoms with E-state index in [1.54, 1.807) is 6.20 Å². The van der Waals surface area contributed by atoms with Crippen LogP contribution >= 0.6 is 0 Å². The molecule has 2 aliphatic rings. The smallest absolute Gasteiger partial charge is 0.222 e. The molecule has 16 rings (SSSR count). The standard InChI is InChI=1S/C65H39BN3O4/c1-5-13-55-45(9-1)46-10-2-6-14-56(46)68(55)42-21-27-61-51(35-42)49-31-38(19-25-59(49)71-61)40-17-23-53-63(33-40)70-44-29-30-67-65(37-44)73-64-34-41(18-24-54(64)66-53)39-20-26-60-50(32-39)52-36-43(22-28-62(52)72-60)69-57-15-7-3-11-47(57)48-12-4-8-16-58(48)69/h1-20,22-26,28-37H,21,27H2. The van der Waals surface area contributed by atoms with Crippen molar-refractivity contribution in [3.8, 4) is 51.1 Å². The molecule has 5 aromatic heterocycles. The fourth-order valence-electron chi connectivity index (χ4n) is 11.6. The van der Waals surface area contributed by atoms with Crippen LogP contribution in [0.25, 0.3) is 116 Å². The lowest BCUT2D eigenvalue weighted by Crippen LogP contribution is -2.29. The molecule has 8 heteroatoms. The summed E-state index contributed by atoms with van der Waals surface area (Å²) in [6.45, 7) is 0. The van der Waals surface area contributed by atoms with Crippen molar-refractivity contribution in [2.24, 2.45) is 0 Å². The average Bonchev–Trinajstić information content (AvgIpc) is 4.19. The quantitative estimate of drug-likeness (QED) is 0.165. The highest BCUT2D eigenvalue weighted by molar-refractivity contribution is 6.69. The minimum absolute atomic E-state index is 0.446. The molecule has 2 bridgehead atoms. The van der Waals surface area contributed by atoms with E-state index in [1.165, 1.54) is 49.3 Å². The molecule has 0 amide bonds. The normalized spacial score (nSPS) is 13.2. The zero-order valence-electron chi connectivity index (χ0n) is 39.2.